The van der Waals surface area contributed by atoms with Gasteiger partial charge in [-0.2, -0.15) is 0 Å². The van der Waals surface area contributed by atoms with Crippen molar-refractivity contribution in [2.45, 2.75) is 56.7 Å². The van der Waals surface area contributed by atoms with Gasteiger partial charge < -0.3 is 4.74 Å². The van der Waals surface area contributed by atoms with Crippen LogP contribution in [-0.2, 0) is 4.74 Å². The van der Waals surface area contributed by atoms with E-state index in [9.17, 15) is 0 Å². The summed E-state index contributed by atoms with van der Waals surface area (Å²) >= 11 is 1.87. The number of unbranched alkanes of at least 4 members (excludes halogenated alkanes) is 1. The minimum absolute atomic E-state index is 0.574. The highest BCUT2D eigenvalue weighted by Gasteiger charge is 2.32. The molecule has 0 saturated heterocycles. The van der Waals surface area contributed by atoms with Crippen LogP contribution in [0.5, 0.6) is 0 Å². The molecule has 2 rings (SSSR count). The van der Waals surface area contributed by atoms with E-state index in [4.69, 9.17) is 4.74 Å². The molecule has 2 unspecified atom stereocenters. The summed E-state index contributed by atoms with van der Waals surface area (Å²) in [7, 11) is 0. The van der Waals surface area contributed by atoms with Crippen LogP contribution in [0.3, 0.4) is 0 Å². The van der Waals surface area contributed by atoms with Crippen LogP contribution in [-0.4, -0.2) is 23.1 Å². The van der Waals surface area contributed by atoms with Crippen LogP contribution in [0.1, 0.15) is 45.4 Å². The van der Waals surface area contributed by atoms with Gasteiger partial charge in [0.2, 0.25) is 5.23 Å². The van der Waals surface area contributed by atoms with Crippen LogP contribution in [0, 0.1) is 0 Å². The van der Waals surface area contributed by atoms with E-state index in [0.29, 0.717) is 6.04 Å². The molecule has 2 aliphatic rings. The quantitative estimate of drug-likeness (QED) is 0.671. The fourth-order valence-electron chi connectivity index (χ4n) is 2.03. The topological polar surface area (TPSA) is 21.6 Å². The predicted molar refractivity (Wildman–Crippen MR) is 61.9 cm³/mol. The number of thioether (sulfide) groups is 1. The molecule has 1 aliphatic carbocycles. The second-order valence-electron chi connectivity index (χ2n) is 4.11. The van der Waals surface area contributed by atoms with Crippen molar-refractivity contribution in [3.63, 3.8) is 0 Å². The molecule has 0 N–H and O–H groups in total. The van der Waals surface area contributed by atoms with Crippen molar-refractivity contribution in [2.24, 2.45) is 4.99 Å². The highest BCUT2D eigenvalue weighted by atomic mass is 32.2. The average Bonchev–Trinajstić information content (AvgIpc) is 2.60. The van der Waals surface area contributed by atoms with Gasteiger partial charge in [-0.25, -0.2) is 4.99 Å². The predicted octanol–water partition coefficient (Wildman–Crippen LogP) is 3.22. The Bertz CT molecular complexity index is 217. The molecule has 0 amide bonds. The molecule has 1 fully saturated rings. The first kappa shape index (κ1) is 10.3. The highest BCUT2D eigenvalue weighted by molar-refractivity contribution is 8.14. The van der Waals surface area contributed by atoms with Gasteiger partial charge in [-0.1, -0.05) is 37.9 Å². The first-order chi connectivity index (χ1) is 6.90. The Labute approximate surface area is 90.5 Å². The van der Waals surface area contributed by atoms with Gasteiger partial charge in [0.15, 0.2) is 0 Å². The lowest BCUT2D eigenvalue weighted by Crippen LogP contribution is -2.21. The standard InChI is InChI=1S/C11H19NOS/c1-2-3-8-13-11-12-9-6-4-5-7-10(9)14-11/h9-10H,2-8H2,1H3. The number of fused-ring (bicyclic) bond motifs is 1. The number of hydrogen-bond donors (Lipinski definition) is 0. The smallest absolute Gasteiger partial charge is 0.246 e. The molecule has 1 heterocycles. The molecule has 0 bridgehead atoms. The molecule has 2 atom stereocenters. The van der Waals surface area contributed by atoms with Gasteiger partial charge >= 0.3 is 0 Å². The number of rotatable bonds is 3. The average molecular weight is 213 g/mol. The SMILES string of the molecule is CCCCOC1=NC2CCCCC2S1. The molecule has 0 aromatic carbocycles. The van der Waals surface area contributed by atoms with E-state index in [-0.39, 0.29) is 0 Å². The zero-order valence-electron chi connectivity index (χ0n) is 8.87. The first-order valence-electron chi connectivity index (χ1n) is 5.77. The summed E-state index contributed by atoms with van der Waals surface area (Å²) in [4.78, 5) is 4.64. The lowest BCUT2D eigenvalue weighted by atomic mass is 9.96. The van der Waals surface area contributed by atoms with Crippen molar-refractivity contribution in [1.82, 2.24) is 0 Å². The maximum Gasteiger partial charge on any atom is 0.246 e. The Hall–Kier alpha value is -0.180. The maximum absolute atomic E-state index is 5.65. The van der Waals surface area contributed by atoms with Gasteiger partial charge in [0, 0.05) is 5.25 Å². The zero-order chi connectivity index (χ0) is 9.80. The summed E-state index contributed by atoms with van der Waals surface area (Å²) in [6, 6.07) is 0.574. The Balaban J connectivity index is 1.77. The molecule has 0 spiro atoms. The number of nitrogens with zero attached hydrogens (tertiary/aromatic N) is 1. The van der Waals surface area contributed by atoms with Crippen LogP contribution in [0.2, 0.25) is 0 Å². The van der Waals surface area contributed by atoms with Crippen LogP contribution < -0.4 is 0 Å². The van der Waals surface area contributed by atoms with Gasteiger partial charge in [-0.3, -0.25) is 0 Å². The molecule has 2 nitrogen and oxygen atoms in total. The normalized spacial score (nSPS) is 31.1. The lowest BCUT2D eigenvalue weighted by molar-refractivity contribution is 0.304. The summed E-state index contributed by atoms with van der Waals surface area (Å²) in [5.41, 5.74) is 0. The molecule has 1 aliphatic heterocycles. The molecule has 3 heteroatoms. The third-order valence-electron chi connectivity index (χ3n) is 2.91. The summed E-state index contributed by atoms with van der Waals surface area (Å²) in [5.74, 6) is 0. The van der Waals surface area contributed by atoms with Gasteiger partial charge in [0.1, 0.15) is 0 Å². The molecule has 0 aromatic rings. The Kier molecular flexibility index (Phi) is 3.74. The minimum atomic E-state index is 0.574. The fourth-order valence-corrected chi connectivity index (χ4v) is 3.28. The van der Waals surface area contributed by atoms with Crippen LogP contribution in [0.25, 0.3) is 0 Å². The highest BCUT2D eigenvalue weighted by Crippen LogP contribution is 2.37. The van der Waals surface area contributed by atoms with Gasteiger partial charge in [-0.05, 0) is 19.3 Å². The van der Waals surface area contributed by atoms with E-state index in [0.717, 1.165) is 23.5 Å². The van der Waals surface area contributed by atoms with E-state index in [1.165, 1.54) is 32.1 Å². The second kappa shape index (κ2) is 5.06. The zero-order valence-corrected chi connectivity index (χ0v) is 9.68. The third kappa shape index (κ3) is 2.44. The molecule has 14 heavy (non-hydrogen) atoms. The monoisotopic (exact) mass is 213 g/mol. The van der Waals surface area contributed by atoms with E-state index >= 15 is 0 Å². The number of ether oxygens (including phenoxy) is 1. The third-order valence-corrected chi connectivity index (χ3v) is 4.19. The molecular weight excluding hydrogens is 194 g/mol. The summed E-state index contributed by atoms with van der Waals surface area (Å²) in [5, 5.41) is 1.70. The summed E-state index contributed by atoms with van der Waals surface area (Å²) in [6.07, 6.45) is 7.69. The van der Waals surface area contributed by atoms with Gasteiger partial charge in [0.05, 0.1) is 12.6 Å². The van der Waals surface area contributed by atoms with Crippen LogP contribution in [0.4, 0.5) is 0 Å². The molecule has 0 aromatic heterocycles. The van der Waals surface area contributed by atoms with Crippen molar-refractivity contribution < 1.29 is 4.74 Å². The number of hydrogen-bond acceptors (Lipinski definition) is 3. The van der Waals surface area contributed by atoms with Crippen molar-refractivity contribution in [3.8, 4) is 0 Å². The van der Waals surface area contributed by atoms with Crippen LogP contribution in [0.15, 0.2) is 4.99 Å². The molecule has 80 valence electrons. The van der Waals surface area contributed by atoms with Crippen molar-refractivity contribution in [1.29, 1.82) is 0 Å². The van der Waals surface area contributed by atoms with E-state index in [2.05, 4.69) is 11.9 Å². The molecule has 1 saturated carbocycles. The van der Waals surface area contributed by atoms with Crippen molar-refractivity contribution in [3.05, 3.63) is 0 Å². The molecule has 0 radical (unpaired) electrons. The molecular formula is C11H19NOS. The first-order valence-corrected chi connectivity index (χ1v) is 6.65. The Morgan fingerprint density at radius 1 is 1.43 bits per heavy atom. The van der Waals surface area contributed by atoms with Gasteiger partial charge in [-0.15, -0.1) is 0 Å². The fraction of sp³-hybridized carbons (Fsp3) is 0.909. The van der Waals surface area contributed by atoms with E-state index in [1.54, 1.807) is 0 Å². The lowest BCUT2D eigenvalue weighted by Gasteiger charge is -2.21. The minimum Gasteiger partial charge on any atom is -0.473 e. The van der Waals surface area contributed by atoms with Crippen molar-refractivity contribution >= 4 is 17.0 Å². The van der Waals surface area contributed by atoms with E-state index in [1.807, 2.05) is 11.8 Å². The Morgan fingerprint density at radius 2 is 2.29 bits per heavy atom. The van der Waals surface area contributed by atoms with E-state index < -0.39 is 0 Å². The largest absolute Gasteiger partial charge is 0.473 e. The summed E-state index contributed by atoms with van der Waals surface area (Å²) < 4.78 is 5.65. The van der Waals surface area contributed by atoms with Crippen LogP contribution >= 0.6 is 11.8 Å². The Morgan fingerprint density at radius 3 is 3.07 bits per heavy atom. The second-order valence-corrected chi connectivity index (χ2v) is 5.30. The number of aliphatic imine (C=N–C) groups is 1. The summed E-state index contributed by atoms with van der Waals surface area (Å²) in [6.45, 7) is 3.04. The van der Waals surface area contributed by atoms with Gasteiger partial charge in [0.25, 0.3) is 0 Å². The maximum atomic E-state index is 5.65. The van der Waals surface area contributed by atoms with Crippen molar-refractivity contribution in [2.75, 3.05) is 6.61 Å².